The monoisotopic (exact) mass is 421 g/mol. The van der Waals surface area contributed by atoms with E-state index in [1.54, 1.807) is 31.4 Å². The lowest BCUT2D eigenvalue weighted by Crippen LogP contribution is -2.03. The molecule has 0 atom stereocenters. The summed E-state index contributed by atoms with van der Waals surface area (Å²) in [7, 11) is 2.98. The van der Waals surface area contributed by atoms with Crippen molar-refractivity contribution in [1.29, 1.82) is 5.26 Å². The molecule has 0 aliphatic carbocycles. The van der Waals surface area contributed by atoms with Gasteiger partial charge in [0.25, 0.3) is 5.69 Å². The van der Waals surface area contributed by atoms with Gasteiger partial charge in [0.05, 0.1) is 36.5 Å². The van der Waals surface area contributed by atoms with Gasteiger partial charge < -0.3 is 13.9 Å². The van der Waals surface area contributed by atoms with Crippen LogP contribution < -0.4 is 10.2 Å². The standard InChI is InChI=1S/C21H19N5O5/c1-13-8-14(12-29-2)18(10-22)21(24-13)25-23-11-16-5-7-19(31-16)17-6-4-15(26(27)28)9-20(17)30-3/h4-9,11H,12H2,1-3H3,(H,24,25). The number of pyridine rings is 1. The second-order valence-corrected chi connectivity index (χ2v) is 6.40. The van der Waals surface area contributed by atoms with Gasteiger partial charge in [-0.25, -0.2) is 4.98 Å². The topological polar surface area (TPSA) is 136 Å². The van der Waals surface area contributed by atoms with Gasteiger partial charge in [-0.3, -0.25) is 15.5 Å². The Labute approximate surface area is 177 Å². The number of nitrogens with one attached hydrogen (secondary N) is 1. The third kappa shape index (κ3) is 4.85. The van der Waals surface area contributed by atoms with Crippen LogP contribution in [0.15, 0.2) is 45.9 Å². The Kier molecular flexibility index (Phi) is 6.59. The van der Waals surface area contributed by atoms with Crippen LogP contribution in [-0.4, -0.2) is 30.3 Å². The van der Waals surface area contributed by atoms with Crippen molar-refractivity contribution < 1.29 is 18.8 Å². The maximum atomic E-state index is 11.0. The molecule has 0 aliphatic heterocycles. The number of hydrogen-bond acceptors (Lipinski definition) is 9. The minimum Gasteiger partial charge on any atom is -0.496 e. The van der Waals surface area contributed by atoms with Crippen molar-refractivity contribution in [2.24, 2.45) is 5.10 Å². The second-order valence-electron chi connectivity index (χ2n) is 6.40. The number of furan rings is 1. The molecular formula is C21H19N5O5. The van der Waals surface area contributed by atoms with E-state index >= 15 is 0 Å². The molecule has 3 aromatic rings. The van der Waals surface area contributed by atoms with Crippen molar-refractivity contribution in [1.82, 2.24) is 4.98 Å². The van der Waals surface area contributed by atoms with E-state index in [0.717, 1.165) is 0 Å². The molecule has 0 unspecified atom stereocenters. The van der Waals surface area contributed by atoms with E-state index < -0.39 is 4.92 Å². The maximum absolute atomic E-state index is 11.0. The molecule has 158 valence electrons. The number of ether oxygens (including phenoxy) is 2. The first-order valence-corrected chi connectivity index (χ1v) is 9.08. The van der Waals surface area contributed by atoms with Gasteiger partial charge in [-0.05, 0) is 31.2 Å². The lowest BCUT2D eigenvalue weighted by molar-refractivity contribution is -0.384. The highest BCUT2D eigenvalue weighted by Gasteiger charge is 2.15. The number of methoxy groups -OCH3 is 2. The number of benzene rings is 1. The van der Waals surface area contributed by atoms with Crippen LogP contribution in [0.4, 0.5) is 11.5 Å². The average molecular weight is 421 g/mol. The number of nitro benzene ring substituents is 1. The number of aromatic nitrogens is 1. The SMILES string of the molecule is COCc1cc(C)nc(NN=Cc2ccc(-c3ccc([N+](=O)[O-])cc3OC)o2)c1C#N. The summed E-state index contributed by atoms with van der Waals surface area (Å²) in [5.74, 6) is 1.52. The summed E-state index contributed by atoms with van der Waals surface area (Å²) in [5.41, 5.74) is 5.03. The number of nitriles is 1. The first kappa shape index (κ1) is 21.5. The van der Waals surface area contributed by atoms with E-state index in [4.69, 9.17) is 13.9 Å². The lowest BCUT2D eigenvalue weighted by atomic mass is 10.1. The van der Waals surface area contributed by atoms with E-state index in [9.17, 15) is 15.4 Å². The molecule has 10 nitrogen and oxygen atoms in total. The van der Waals surface area contributed by atoms with Gasteiger partial charge in [0.1, 0.15) is 28.9 Å². The van der Waals surface area contributed by atoms with Gasteiger partial charge >= 0.3 is 0 Å². The normalized spacial score (nSPS) is 10.8. The number of nitrogens with zero attached hydrogens (tertiary/aromatic N) is 4. The van der Waals surface area contributed by atoms with E-state index in [1.165, 1.54) is 25.5 Å². The highest BCUT2D eigenvalue weighted by Crippen LogP contribution is 2.34. The summed E-state index contributed by atoms with van der Waals surface area (Å²) in [6, 6.07) is 11.5. The molecule has 10 heteroatoms. The average Bonchev–Trinajstić information content (AvgIpc) is 3.22. The number of anilines is 1. The zero-order valence-corrected chi connectivity index (χ0v) is 17.1. The van der Waals surface area contributed by atoms with Crippen molar-refractivity contribution in [2.75, 3.05) is 19.6 Å². The fraction of sp³-hybridized carbons (Fsp3) is 0.190. The predicted octanol–water partition coefficient (Wildman–Crippen LogP) is 4.03. The molecule has 1 aromatic carbocycles. The summed E-state index contributed by atoms with van der Waals surface area (Å²) in [5, 5.41) is 24.5. The van der Waals surface area contributed by atoms with E-state index in [2.05, 4.69) is 21.6 Å². The molecule has 31 heavy (non-hydrogen) atoms. The third-order valence-corrected chi connectivity index (χ3v) is 4.29. The number of nitro groups is 1. The lowest BCUT2D eigenvalue weighted by Gasteiger charge is -2.09. The molecule has 0 amide bonds. The Morgan fingerprint density at radius 3 is 2.81 bits per heavy atom. The fourth-order valence-electron chi connectivity index (χ4n) is 2.94. The predicted molar refractivity (Wildman–Crippen MR) is 113 cm³/mol. The first-order valence-electron chi connectivity index (χ1n) is 9.08. The van der Waals surface area contributed by atoms with Crippen LogP contribution in [0.3, 0.4) is 0 Å². The van der Waals surface area contributed by atoms with E-state index in [-0.39, 0.29) is 12.3 Å². The Morgan fingerprint density at radius 1 is 1.32 bits per heavy atom. The van der Waals surface area contributed by atoms with Crippen molar-refractivity contribution in [2.45, 2.75) is 13.5 Å². The maximum Gasteiger partial charge on any atom is 0.273 e. The van der Waals surface area contributed by atoms with Crippen LogP contribution in [0.2, 0.25) is 0 Å². The molecule has 2 aromatic heterocycles. The zero-order chi connectivity index (χ0) is 22.4. The molecule has 0 saturated carbocycles. The number of aryl methyl sites for hydroxylation is 1. The quantitative estimate of drug-likeness (QED) is 0.327. The van der Waals surface area contributed by atoms with Gasteiger partial charge in [0.2, 0.25) is 0 Å². The Bertz CT molecular complexity index is 1180. The molecule has 2 heterocycles. The number of hydrogen-bond donors (Lipinski definition) is 1. The van der Waals surface area contributed by atoms with Gasteiger partial charge in [0.15, 0.2) is 5.82 Å². The Morgan fingerprint density at radius 2 is 2.13 bits per heavy atom. The summed E-state index contributed by atoms with van der Waals surface area (Å²) < 4.78 is 16.1. The fourth-order valence-corrected chi connectivity index (χ4v) is 2.94. The van der Waals surface area contributed by atoms with Crippen LogP contribution in [0.25, 0.3) is 11.3 Å². The Hall–Kier alpha value is -4.23. The second kappa shape index (κ2) is 9.51. The summed E-state index contributed by atoms with van der Waals surface area (Å²) in [6.45, 7) is 2.09. The number of non-ortho nitro benzene ring substituents is 1. The largest absolute Gasteiger partial charge is 0.496 e. The molecule has 3 rings (SSSR count). The van der Waals surface area contributed by atoms with E-state index in [1.807, 2.05) is 6.92 Å². The number of hydrazone groups is 1. The van der Waals surface area contributed by atoms with Gasteiger partial charge in [0, 0.05) is 24.4 Å². The van der Waals surface area contributed by atoms with Crippen LogP contribution in [0, 0.1) is 28.4 Å². The molecule has 0 fully saturated rings. The van der Waals surface area contributed by atoms with Crippen LogP contribution in [0.5, 0.6) is 5.75 Å². The number of rotatable bonds is 8. The van der Waals surface area contributed by atoms with Crippen molar-refractivity contribution in [3.8, 4) is 23.1 Å². The molecule has 0 bridgehead atoms. The van der Waals surface area contributed by atoms with E-state index in [0.29, 0.717) is 45.5 Å². The zero-order valence-electron chi connectivity index (χ0n) is 17.1. The summed E-state index contributed by atoms with van der Waals surface area (Å²) in [4.78, 5) is 14.8. The molecule has 1 N–H and O–H groups in total. The highest BCUT2D eigenvalue weighted by molar-refractivity contribution is 5.79. The minimum atomic E-state index is -0.495. The molecule has 0 saturated heterocycles. The molecule has 0 aliphatic rings. The molecular weight excluding hydrogens is 402 g/mol. The van der Waals surface area contributed by atoms with Gasteiger partial charge in [-0.2, -0.15) is 10.4 Å². The molecule has 0 radical (unpaired) electrons. The van der Waals surface area contributed by atoms with Crippen molar-refractivity contribution in [3.63, 3.8) is 0 Å². The smallest absolute Gasteiger partial charge is 0.273 e. The minimum absolute atomic E-state index is 0.0788. The van der Waals surface area contributed by atoms with Crippen molar-refractivity contribution in [3.05, 3.63) is 69.1 Å². The summed E-state index contributed by atoms with van der Waals surface area (Å²) in [6.07, 6.45) is 1.43. The van der Waals surface area contributed by atoms with Crippen LogP contribution >= 0.6 is 0 Å². The Balaban J connectivity index is 1.81. The van der Waals surface area contributed by atoms with Gasteiger partial charge in [-0.15, -0.1) is 0 Å². The van der Waals surface area contributed by atoms with Crippen molar-refractivity contribution >= 4 is 17.7 Å². The first-order chi connectivity index (χ1) is 15.0. The summed E-state index contributed by atoms with van der Waals surface area (Å²) >= 11 is 0. The highest BCUT2D eigenvalue weighted by atomic mass is 16.6. The molecule has 0 spiro atoms. The third-order valence-electron chi connectivity index (χ3n) is 4.29. The van der Waals surface area contributed by atoms with Crippen LogP contribution in [-0.2, 0) is 11.3 Å². The van der Waals surface area contributed by atoms with Gasteiger partial charge in [-0.1, -0.05) is 0 Å². The van der Waals surface area contributed by atoms with Crippen LogP contribution in [0.1, 0.15) is 22.6 Å².